The Hall–Kier alpha value is -6.14. The Morgan fingerprint density at radius 1 is 0.972 bits per heavy atom. The normalized spacial score (nSPS) is 24.0. The van der Waals surface area contributed by atoms with Crippen molar-refractivity contribution in [2.24, 2.45) is 18.7 Å². The van der Waals surface area contributed by atoms with Crippen LogP contribution in [0.2, 0.25) is 5.02 Å². The molecule has 374 valence electrons. The van der Waals surface area contributed by atoms with E-state index in [1.54, 1.807) is 4.68 Å². The number of carbonyl (C=O) groups is 4. The summed E-state index contributed by atoms with van der Waals surface area (Å²) in [4.78, 5) is 57.3. The van der Waals surface area contributed by atoms with Crippen molar-refractivity contribution in [3.63, 3.8) is 0 Å². The Bertz CT molecular complexity index is 2890. The van der Waals surface area contributed by atoms with E-state index in [-0.39, 0.29) is 71.6 Å². The number of hydrogen-bond donors (Lipinski definition) is 4. The minimum absolute atomic E-state index is 0.0531. The number of hydrogen-bond acceptors (Lipinski definition) is 10. The molecule has 3 saturated heterocycles. The maximum atomic E-state index is 16.5. The molecular formula is C53H59ClF2N8O7. The number of ether oxygens (including phenoxy) is 2. The Balaban J connectivity index is 0.767. The van der Waals surface area contributed by atoms with Crippen LogP contribution in [0.1, 0.15) is 97.2 Å². The number of halogens is 3. The molecule has 4 fully saturated rings. The number of rotatable bonds is 13. The molecule has 1 saturated carbocycles. The Labute approximate surface area is 415 Å². The fraction of sp³-hybridized carbons (Fsp3) is 0.453. The molecule has 0 spiro atoms. The highest BCUT2D eigenvalue weighted by Crippen LogP contribution is 2.56. The van der Waals surface area contributed by atoms with Gasteiger partial charge in [0.25, 0.3) is 0 Å². The molecule has 4 aliphatic heterocycles. The molecule has 0 bridgehead atoms. The number of imide groups is 1. The zero-order valence-corrected chi connectivity index (χ0v) is 40.7. The van der Waals surface area contributed by atoms with E-state index >= 15 is 8.78 Å². The number of aromatic nitrogens is 2. The molecule has 18 heteroatoms. The highest BCUT2D eigenvalue weighted by molar-refractivity contribution is 6.34. The summed E-state index contributed by atoms with van der Waals surface area (Å²) in [6.07, 6.45) is 6.21. The summed E-state index contributed by atoms with van der Waals surface area (Å²) in [5.41, 5.74) is 7.50. The SMILES string of the molecule is C[C@H]1c2c(cc(F)c(Cl)c2-c2c(C(N)=O)ccc(OCCO)c2F)O[C@]1(CNC1CCC(C(=O)N2CC[C@H](N3CCC(c4ccc5c(N6CCC(=O)NC6=O)nn(C)c5c4)CC3)C2)CC1)c1ccccc1. The number of piperidine rings is 1. The second-order valence-electron chi connectivity index (χ2n) is 19.7. The Morgan fingerprint density at radius 3 is 2.45 bits per heavy atom. The van der Waals surface area contributed by atoms with Gasteiger partial charge < -0.3 is 30.5 Å². The summed E-state index contributed by atoms with van der Waals surface area (Å²) in [5.74, 6) is -2.60. The minimum Gasteiger partial charge on any atom is -0.488 e. The number of likely N-dealkylation sites (tertiary alicyclic amines) is 2. The van der Waals surface area contributed by atoms with Crippen molar-refractivity contribution in [2.45, 2.75) is 87.8 Å². The fourth-order valence-corrected chi connectivity index (χ4v) is 12.2. The van der Waals surface area contributed by atoms with Crippen LogP contribution in [0, 0.1) is 17.6 Å². The van der Waals surface area contributed by atoms with Crippen LogP contribution in [0.5, 0.6) is 11.5 Å². The van der Waals surface area contributed by atoms with Crippen LogP contribution in [0.4, 0.5) is 19.4 Å². The molecule has 5 heterocycles. The molecule has 4 aromatic carbocycles. The maximum Gasteiger partial charge on any atom is 0.329 e. The van der Waals surface area contributed by atoms with Gasteiger partial charge in [0.2, 0.25) is 17.7 Å². The van der Waals surface area contributed by atoms with Crippen molar-refractivity contribution in [1.29, 1.82) is 0 Å². The number of primary amides is 1. The zero-order chi connectivity index (χ0) is 49.7. The average molecular weight is 994 g/mol. The third-order valence-corrected chi connectivity index (χ3v) is 16.1. The lowest BCUT2D eigenvalue weighted by molar-refractivity contribution is -0.135. The average Bonchev–Trinajstić information content (AvgIpc) is 4.08. The number of aliphatic hydroxyl groups excluding tert-OH is 1. The van der Waals surface area contributed by atoms with E-state index in [2.05, 4.69) is 37.7 Å². The number of carbonyl (C=O) groups excluding carboxylic acids is 4. The van der Waals surface area contributed by atoms with Gasteiger partial charge in [0, 0.05) is 91.7 Å². The molecule has 0 unspecified atom stereocenters. The van der Waals surface area contributed by atoms with E-state index in [1.807, 2.05) is 50.4 Å². The summed E-state index contributed by atoms with van der Waals surface area (Å²) in [5, 5.41) is 20.6. The maximum absolute atomic E-state index is 16.5. The molecule has 5 aromatic rings. The van der Waals surface area contributed by atoms with E-state index in [0.717, 1.165) is 87.6 Å². The lowest BCUT2D eigenvalue weighted by Gasteiger charge is -2.38. The number of nitrogens with one attached hydrogen (secondary N) is 2. The van der Waals surface area contributed by atoms with Gasteiger partial charge in [-0.3, -0.25) is 34.2 Å². The smallest absolute Gasteiger partial charge is 0.329 e. The molecule has 1 aromatic heterocycles. The highest BCUT2D eigenvalue weighted by Gasteiger charge is 2.50. The van der Waals surface area contributed by atoms with Crippen molar-refractivity contribution >= 4 is 52.1 Å². The predicted molar refractivity (Wildman–Crippen MR) is 264 cm³/mol. The van der Waals surface area contributed by atoms with Crippen LogP contribution in [0.15, 0.2) is 66.7 Å². The topological polar surface area (TPSA) is 185 Å². The van der Waals surface area contributed by atoms with Crippen LogP contribution in [-0.4, -0.2) is 113 Å². The Kier molecular flexibility index (Phi) is 13.5. The van der Waals surface area contributed by atoms with Gasteiger partial charge in [-0.05, 0) is 99.3 Å². The van der Waals surface area contributed by atoms with Crippen LogP contribution < -0.4 is 30.7 Å². The van der Waals surface area contributed by atoms with E-state index in [9.17, 15) is 24.3 Å². The first-order valence-electron chi connectivity index (χ1n) is 24.7. The molecule has 0 radical (unpaired) electrons. The fourth-order valence-electron chi connectivity index (χ4n) is 11.9. The summed E-state index contributed by atoms with van der Waals surface area (Å²) in [6.45, 7) is 5.29. The number of anilines is 1. The molecule has 5 aliphatic rings. The van der Waals surface area contributed by atoms with Gasteiger partial charge in [0.05, 0.1) is 22.7 Å². The van der Waals surface area contributed by atoms with Crippen LogP contribution in [-0.2, 0) is 22.2 Å². The number of benzene rings is 4. The number of urea groups is 1. The Morgan fingerprint density at radius 2 is 1.73 bits per heavy atom. The molecule has 15 nitrogen and oxygen atoms in total. The number of fused-ring (bicyclic) bond motifs is 2. The quantitative estimate of drug-likeness (QED) is 0.0949. The van der Waals surface area contributed by atoms with Gasteiger partial charge in [0.15, 0.2) is 23.0 Å². The summed E-state index contributed by atoms with van der Waals surface area (Å²) < 4.78 is 46.4. The summed E-state index contributed by atoms with van der Waals surface area (Å²) in [7, 11) is 1.88. The lowest BCUT2D eigenvalue weighted by Crippen LogP contribution is -2.49. The van der Waals surface area contributed by atoms with Gasteiger partial charge in [-0.2, -0.15) is 5.10 Å². The first-order chi connectivity index (χ1) is 34.3. The molecule has 5 amide bonds. The number of amides is 5. The second kappa shape index (κ2) is 19.8. The third kappa shape index (κ3) is 8.99. The van der Waals surface area contributed by atoms with Gasteiger partial charge >= 0.3 is 6.03 Å². The van der Waals surface area contributed by atoms with Crippen molar-refractivity contribution < 1.29 is 42.5 Å². The highest BCUT2D eigenvalue weighted by atomic mass is 35.5. The van der Waals surface area contributed by atoms with Gasteiger partial charge in [0.1, 0.15) is 18.2 Å². The molecule has 5 N–H and O–H groups in total. The number of aryl methyl sites for hydroxylation is 1. The summed E-state index contributed by atoms with van der Waals surface area (Å²) >= 11 is 6.73. The second-order valence-corrected chi connectivity index (χ2v) is 20.1. The van der Waals surface area contributed by atoms with Gasteiger partial charge in [-0.1, -0.05) is 54.9 Å². The first kappa shape index (κ1) is 48.5. The molecule has 10 rings (SSSR count). The number of nitrogens with two attached hydrogens (primary N) is 1. The van der Waals surface area contributed by atoms with Gasteiger partial charge in [-0.25, -0.2) is 13.6 Å². The van der Waals surface area contributed by atoms with Crippen molar-refractivity contribution in [3.05, 3.63) is 106 Å². The predicted octanol–water partition coefficient (Wildman–Crippen LogP) is 7.11. The van der Waals surface area contributed by atoms with E-state index in [4.69, 9.17) is 26.8 Å². The monoisotopic (exact) mass is 992 g/mol. The standard InChI is InChI=1S/C53H59ClF2N8O7/c1-30-44-42(27-39(55)47(54)46(44)45-38(49(57)67)14-15-41(48(45)56)70-25-24-65)71-53(30,34-6-4-3-5-7-34)29-58-35-11-8-32(9-12-35)51(68)63-22-18-36(28-63)62-20-16-31(17-21-62)33-10-13-37-40(26-33)61(2)60-50(37)64-23-19-43(66)59-52(64)69/h3-7,10,13-15,26-27,30-32,35-36,58,65H,8-9,11-12,16-25,28-29H2,1-2H3,(H2,57,67)(H,59,66,69)/t30-,32?,35?,36-,53-/m0/s1. The summed E-state index contributed by atoms with van der Waals surface area (Å²) in [6, 6.07) is 19.6. The minimum atomic E-state index is -1.11. The van der Waals surface area contributed by atoms with Crippen LogP contribution >= 0.6 is 11.6 Å². The first-order valence-corrected chi connectivity index (χ1v) is 25.1. The zero-order valence-electron chi connectivity index (χ0n) is 39.9. The third-order valence-electron chi connectivity index (χ3n) is 15.8. The van der Waals surface area contributed by atoms with Gasteiger partial charge in [-0.15, -0.1) is 0 Å². The van der Waals surface area contributed by atoms with Crippen LogP contribution in [0.25, 0.3) is 22.0 Å². The number of nitrogens with zero attached hydrogens (tertiary/aromatic N) is 5. The van der Waals surface area contributed by atoms with E-state index in [1.165, 1.54) is 28.7 Å². The molecule has 3 atom stereocenters. The van der Waals surface area contributed by atoms with E-state index in [0.29, 0.717) is 36.4 Å². The van der Waals surface area contributed by atoms with Crippen LogP contribution in [0.3, 0.4) is 0 Å². The molecule has 71 heavy (non-hydrogen) atoms. The molecular weight excluding hydrogens is 934 g/mol. The van der Waals surface area contributed by atoms with E-state index < -0.39 is 40.1 Å². The van der Waals surface area contributed by atoms with Crippen molar-refractivity contribution in [1.82, 2.24) is 30.2 Å². The lowest BCUT2D eigenvalue weighted by atomic mass is 9.77. The largest absolute Gasteiger partial charge is 0.488 e. The van der Waals surface area contributed by atoms with Crippen molar-refractivity contribution in [2.75, 3.05) is 57.4 Å². The number of aliphatic hydroxyl groups is 1. The molecule has 1 aliphatic carbocycles. The van der Waals surface area contributed by atoms with Crippen molar-refractivity contribution in [3.8, 4) is 22.6 Å².